The first-order valence-electron chi connectivity index (χ1n) is 10.1. The molecule has 27 heavy (non-hydrogen) atoms. The molecule has 1 saturated heterocycles. The first-order chi connectivity index (χ1) is 13.0. The summed E-state index contributed by atoms with van der Waals surface area (Å²) in [5, 5.41) is 7.80. The van der Waals surface area contributed by atoms with Gasteiger partial charge in [0.25, 0.3) is 0 Å². The third kappa shape index (κ3) is 6.08. The van der Waals surface area contributed by atoms with Gasteiger partial charge in [-0.25, -0.2) is 10.0 Å². The van der Waals surface area contributed by atoms with E-state index in [0.29, 0.717) is 18.9 Å². The molecule has 1 aliphatic heterocycles. The van der Waals surface area contributed by atoms with Gasteiger partial charge in [0.15, 0.2) is 0 Å². The van der Waals surface area contributed by atoms with Crippen molar-refractivity contribution < 1.29 is 9.53 Å². The smallest absolute Gasteiger partial charge is 0.224 e. The molecule has 0 bridgehead atoms. The van der Waals surface area contributed by atoms with E-state index >= 15 is 0 Å². The molecule has 5 heteroatoms. The summed E-state index contributed by atoms with van der Waals surface area (Å²) in [6.07, 6.45) is 3.02. The van der Waals surface area contributed by atoms with Gasteiger partial charge in [-0.2, -0.15) is 0 Å². The molecular formula is C22H35N3O2. The quantitative estimate of drug-likeness (QED) is 0.640. The van der Waals surface area contributed by atoms with Gasteiger partial charge in [0.1, 0.15) is 12.4 Å². The third-order valence-corrected chi connectivity index (χ3v) is 4.86. The highest BCUT2D eigenvalue weighted by Gasteiger charge is 2.29. The molecule has 1 aromatic carbocycles. The van der Waals surface area contributed by atoms with E-state index in [1.165, 1.54) is 0 Å². The number of hydrazine groups is 1. The van der Waals surface area contributed by atoms with Gasteiger partial charge in [-0.3, -0.25) is 4.79 Å². The normalized spacial score (nSPS) is 16.0. The van der Waals surface area contributed by atoms with E-state index in [1.807, 2.05) is 12.1 Å². The Morgan fingerprint density at radius 3 is 2.44 bits per heavy atom. The Labute approximate surface area is 164 Å². The number of nitrogens with one attached hydrogen (secondary N) is 1. The van der Waals surface area contributed by atoms with E-state index in [4.69, 9.17) is 4.74 Å². The highest BCUT2D eigenvalue weighted by molar-refractivity contribution is 5.80. The first kappa shape index (κ1) is 21.5. The minimum Gasteiger partial charge on any atom is -0.489 e. The lowest BCUT2D eigenvalue weighted by Crippen LogP contribution is -2.39. The lowest BCUT2D eigenvalue weighted by Gasteiger charge is -2.24. The zero-order valence-corrected chi connectivity index (χ0v) is 17.3. The molecule has 0 aromatic heterocycles. The second-order valence-electron chi connectivity index (χ2n) is 7.55. The van der Waals surface area contributed by atoms with E-state index in [9.17, 15) is 4.79 Å². The molecule has 5 nitrogen and oxygen atoms in total. The highest BCUT2D eigenvalue weighted by atomic mass is 16.5. The molecule has 1 aliphatic rings. The van der Waals surface area contributed by atoms with Gasteiger partial charge in [0.05, 0.1) is 12.5 Å². The topological polar surface area (TPSA) is 44.8 Å². The lowest BCUT2D eigenvalue weighted by atomic mass is 9.98. The summed E-state index contributed by atoms with van der Waals surface area (Å²) in [7, 11) is 0. The molecule has 0 radical (unpaired) electrons. The van der Waals surface area contributed by atoms with Crippen LogP contribution in [0.1, 0.15) is 38.8 Å². The largest absolute Gasteiger partial charge is 0.489 e. The number of carbonyl (C=O) groups excluding carboxylic acids is 1. The van der Waals surface area contributed by atoms with Gasteiger partial charge in [0, 0.05) is 31.7 Å². The number of hydrogen-bond acceptors (Lipinski definition) is 4. The molecule has 0 saturated carbocycles. The van der Waals surface area contributed by atoms with Crippen molar-refractivity contribution in [1.82, 2.24) is 15.3 Å². The van der Waals surface area contributed by atoms with Crippen LogP contribution >= 0.6 is 0 Å². The zero-order chi connectivity index (χ0) is 19.8. The van der Waals surface area contributed by atoms with Crippen molar-refractivity contribution in [2.24, 2.45) is 5.92 Å². The number of para-hydroxylation sites is 1. The van der Waals surface area contributed by atoms with Crippen LogP contribution in [0.3, 0.4) is 0 Å². The van der Waals surface area contributed by atoms with Gasteiger partial charge >= 0.3 is 0 Å². The minimum atomic E-state index is 0.0548. The second kappa shape index (κ2) is 10.5. The van der Waals surface area contributed by atoms with Crippen LogP contribution < -0.4 is 10.1 Å². The standard InChI is InChI=1S/C22H35N3O2/c1-6-12-27-22-18(13-17(4)5)10-9-11-19(22)14-21(26)23-20-15-24(7-2)25(8-3)16-20/h6,9-11,17,20H,1,7-8,12-16H2,2-5H3,(H,23,26). The van der Waals surface area contributed by atoms with Crippen LogP contribution in [0.25, 0.3) is 0 Å². The summed E-state index contributed by atoms with van der Waals surface area (Å²) in [5.74, 6) is 1.43. The van der Waals surface area contributed by atoms with E-state index in [1.54, 1.807) is 6.08 Å². The fourth-order valence-electron chi connectivity index (χ4n) is 3.70. The van der Waals surface area contributed by atoms with Gasteiger partial charge in [0.2, 0.25) is 5.91 Å². The Morgan fingerprint density at radius 1 is 1.26 bits per heavy atom. The molecule has 1 heterocycles. The maximum atomic E-state index is 12.7. The Hall–Kier alpha value is -1.85. The van der Waals surface area contributed by atoms with Crippen LogP contribution in [0.2, 0.25) is 0 Å². The van der Waals surface area contributed by atoms with E-state index in [2.05, 4.69) is 55.7 Å². The van der Waals surface area contributed by atoms with Crippen molar-refractivity contribution in [2.45, 2.75) is 46.6 Å². The summed E-state index contributed by atoms with van der Waals surface area (Å²) < 4.78 is 5.94. The maximum absolute atomic E-state index is 12.7. The summed E-state index contributed by atoms with van der Waals surface area (Å²) in [6, 6.07) is 6.28. The van der Waals surface area contributed by atoms with E-state index < -0.39 is 0 Å². The van der Waals surface area contributed by atoms with Crippen molar-refractivity contribution in [3.8, 4) is 5.75 Å². The summed E-state index contributed by atoms with van der Waals surface area (Å²) >= 11 is 0. The average molecular weight is 374 g/mol. The highest BCUT2D eigenvalue weighted by Crippen LogP contribution is 2.27. The van der Waals surface area contributed by atoms with Crippen molar-refractivity contribution in [2.75, 3.05) is 32.8 Å². The number of benzene rings is 1. The Balaban J connectivity index is 2.07. The molecule has 0 spiro atoms. The Kier molecular flexibility index (Phi) is 8.32. The van der Waals surface area contributed by atoms with Crippen LogP contribution in [0.5, 0.6) is 5.75 Å². The van der Waals surface area contributed by atoms with Crippen LogP contribution in [0.4, 0.5) is 0 Å². The molecule has 0 aliphatic carbocycles. The van der Waals surface area contributed by atoms with Crippen LogP contribution in [-0.2, 0) is 17.6 Å². The molecule has 0 unspecified atom stereocenters. The van der Waals surface area contributed by atoms with Gasteiger partial charge < -0.3 is 10.1 Å². The van der Waals surface area contributed by atoms with Gasteiger partial charge in [-0.15, -0.1) is 0 Å². The lowest BCUT2D eigenvalue weighted by molar-refractivity contribution is -0.121. The number of rotatable bonds is 10. The van der Waals surface area contributed by atoms with Crippen LogP contribution in [-0.4, -0.2) is 54.8 Å². The number of hydrogen-bond donors (Lipinski definition) is 1. The molecule has 1 fully saturated rings. The fourth-order valence-corrected chi connectivity index (χ4v) is 3.70. The summed E-state index contributed by atoms with van der Waals surface area (Å²) in [6.45, 7) is 16.6. The van der Waals surface area contributed by atoms with Crippen molar-refractivity contribution in [3.63, 3.8) is 0 Å². The van der Waals surface area contributed by atoms with E-state index in [-0.39, 0.29) is 11.9 Å². The Bertz CT molecular complexity index is 618. The van der Waals surface area contributed by atoms with Crippen molar-refractivity contribution >= 4 is 5.91 Å². The van der Waals surface area contributed by atoms with Gasteiger partial charge in [-0.1, -0.05) is 58.5 Å². The number of likely N-dealkylation sites (N-methyl/N-ethyl adjacent to an activating group) is 2. The molecule has 1 aromatic rings. The number of carbonyl (C=O) groups is 1. The molecular weight excluding hydrogens is 338 g/mol. The maximum Gasteiger partial charge on any atom is 0.224 e. The predicted molar refractivity (Wildman–Crippen MR) is 111 cm³/mol. The van der Waals surface area contributed by atoms with Crippen LogP contribution in [0, 0.1) is 5.92 Å². The Morgan fingerprint density at radius 2 is 1.89 bits per heavy atom. The summed E-state index contributed by atoms with van der Waals surface area (Å²) in [4.78, 5) is 12.7. The van der Waals surface area contributed by atoms with Gasteiger partial charge in [-0.05, 0) is 17.9 Å². The fraction of sp³-hybridized carbons (Fsp3) is 0.591. The average Bonchev–Trinajstić information content (AvgIpc) is 3.02. The van der Waals surface area contributed by atoms with Crippen LogP contribution in [0.15, 0.2) is 30.9 Å². The monoisotopic (exact) mass is 373 g/mol. The first-order valence-corrected chi connectivity index (χ1v) is 10.1. The SMILES string of the molecule is C=CCOc1c(CC(=O)NC2CN(CC)N(CC)C2)cccc1CC(C)C. The number of ether oxygens (including phenoxy) is 1. The number of amides is 1. The molecule has 150 valence electrons. The van der Waals surface area contributed by atoms with Crippen molar-refractivity contribution in [3.05, 3.63) is 42.0 Å². The van der Waals surface area contributed by atoms with E-state index in [0.717, 1.165) is 49.5 Å². The molecule has 1 N–H and O–H groups in total. The summed E-state index contributed by atoms with van der Waals surface area (Å²) in [5.41, 5.74) is 2.11. The minimum absolute atomic E-state index is 0.0548. The third-order valence-electron chi connectivity index (χ3n) is 4.86. The predicted octanol–water partition coefficient (Wildman–Crippen LogP) is 3.05. The molecule has 0 atom stereocenters. The molecule has 2 rings (SSSR count). The van der Waals surface area contributed by atoms with Crippen molar-refractivity contribution in [1.29, 1.82) is 0 Å². The zero-order valence-electron chi connectivity index (χ0n) is 17.3. The molecule has 1 amide bonds. The number of nitrogens with zero attached hydrogens (tertiary/aromatic N) is 2. The second-order valence-corrected chi connectivity index (χ2v) is 7.55.